The monoisotopic (exact) mass is 270 g/mol. The molecular formula is C15H18N4O. The number of carbonyl (C=O) groups excluding carboxylic acids is 1. The minimum absolute atomic E-state index is 0.180. The lowest BCUT2D eigenvalue weighted by molar-refractivity contribution is 0.0948. The van der Waals surface area contributed by atoms with Crippen molar-refractivity contribution in [2.45, 2.75) is 6.42 Å². The van der Waals surface area contributed by atoms with Crippen LogP contribution in [-0.4, -0.2) is 36.0 Å². The van der Waals surface area contributed by atoms with Crippen molar-refractivity contribution in [3.05, 3.63) is 54.6 Å². The third-order valence-electron chi connectivity index (χ3n) is 2.95. The first-order chi connectivity index (χ1) is 9.77. The van der Waals surface area contributed by atoms with Crippen molar-refractivity contribution in [1.82, 2.24) is 15.3 Å². The summed E-state index contributed by atoms with van der Waals surface area (Å²) in [6.45, 7) is 1.50. The summed E-state index contributed by atoms with van der Waals surface area (Å²) >= 11 is 0. The van der Waals surface area contributed by atoms with E-state index in [0.29, 0.717) is 12.2 Å². The summed E-state index contributed by atoms with van der Waals surface area (Å²) in [5.41, 5.74) is 1.52. The molecule has 0 atom stereocenters. The molecule has 0 fully saturated rings. The number of amides is 1. The van der Waals surface area contributed by atoms with Gasteiger partial charge in [0.1, 0.15) is 5.69 Å². The number of rotatable bonds is 6. The number of hydrogen-bond acceptors (Lipinski definition) is 4. The Kier molecular flexibility index (Phi) is 5.06. The third-order valence-corrected chi connectivity index (χ3v) is 2.95. The van der Waals surface area contributed by atoms with E-state index in [2.05, 4.69) is 32.3 Å². The molecule has 1 N–H and O–H groups in total. The van der Waals surface area contributed by atoms with Gasteiger partial charge in [0, 0.05) is 38.2 Å². The number of carbonyl (C=O) groups is 1. The second-order valence-electron chi connectivity index (χ2n) is 4.46. The van der Waals surface area contributed by atoms with Crippen molar-refractivity contribution in [2.75, 3.05) is 25.0 Å². The molecule has 1 aromatic carbocycles. The summed E-state index contributed by atoms with van der Waals surface area (Å²) in [6, 6.07) is 10.2. The van der Waals surface area contributed by atoms with Gasteiger partial charge in [-0.05, 0) is 18.6 Å². The average Bonchev–Trinajstić information content (AvgIpc) is 2.53. The van der Waals surface area contributed by atoms with Crippen LogP contribution in [0.2, 0.25) is 0 Å². The highest BCUT2D eigenvalue weighted by Gasteiger charge is 2.06. The van der Waals surface area contributed by atoms with Crippen LogP contribution in [0.15, 0.2) is 48.9 Å². The molecule has 0 radical (unpaired) electrons. The number of anilines is 1. The van der Waals surface area contributed by atoms with Crippen molar-refractivity contribution < 1.29 is 4.79 Å². The quantitative estimate of drug-likeness (QED) is 0.812. The molecule has 1 amide bonds. The summed E-state index contributed by atoms with van der Waals surface area (Å²) in [4.78, 5) is 21.7. The first-order valence-corrected chi connectivity index (χ1v) is 6.58. The third kappa shape index (κ3) is 4.05. The van der Waals surface area contributed by atoms with Gasteiger partial charge in [0.2, 0.25) is 0 Å². The van der Waals surface area contributed by atoms with Crippen LogP contribution in [0.1, 0.15) is 16.9 Å². The fourth-order valence-electron chi connectivity index (χ4n) is 1.84. The van der Waals surface area contributed by atoms with E-state index >= 15 is 0 Å². The molecule has 0 saturated heterocycles. The van der Waals surface area contributed by atoms with E-state index in [1.807, 2.05) is 25.2 Å². The Balaban J connectivity index is 1.71. The van der Waals surface area contributed by atoms with Crippen LogP contribution in [0.4, 0.5) is 5.69 Å². The van der Waals surface area contributed by atoms with Crippen molar-refractivity contribution in [3.8, 4) is 0 Å². The van der Waals surface area contributed by atoms with E-state index in [1.165, 1.54) is 18.1 Å². The standard InChI is InChI=1S/C15H18N4O/c1-19(13-6-3-2-4-7-13)11-5-8-18-15(20)14-12-16-9-10-17-14/h2-4,6-7,9-10,12H,5,8,11H2,1H3,(H,18,20). The highest BCUT2D eigenvalue weighted by molar-refractivity contribution is 5.91. The molecule has 2 aromatic rings. The van der Waals surface area contributed by atoms with Crippen molar-refractivity contribution in [3.63, 3.8) is 0 Å². The molecule has 104 valence electrons. The minimum Gasteiger partial charge on any atom is -0.375 e. The molecule has 5 heteroatoms. The zero-order valence-electron chi connectivity index (χ0n) is 11.5. The predicted molar refractivity (Wildman–Crippen MR) is 78.7 cm³/mol. The topological polar surface area (TPSA) is 58.1 Å². The summed E-state index contributed by atoms with van der Waals surface area (Å²) in [5.74, 6) is -0.180. The maximum atomic E-state index is 11.7. The van der Waals surface area contributed by atoms with Crippen LogP contribution >= 0.6 is 0 Å². The summed E-state index contributed by atoms with van der Waals surface area (Å²) < 4.78 is 0. The molecule has 0 aliphatic rings. The van der Waals surface area contributed by atoms with Gasteiger partial charge in [-0.1, -0.05) is 18.2 Å². The van der Waals surface area contributed by atoms with Crippen LogP contribution in [-0.2, 0) is 0 Å². The lowest BCUT2D eigenvalue weighted by Crippen LogP contribution is -2.28. The highest BCUT2D eigenvalue weighted by Crippen LogP contribution is 2.10. The van der Waals surface area contributed by atoms with Gasteiger partial charge in [-0.2, -0.15) is 0 Å². The Bertz CT molecular complexity index is 530. The van der Waals surface area contributed by atoms with Gasteiger partial charge in [-0.25, -0.2) is 4.98 Å². The second-order valence-corrected chi connectivity index (χ2v) is 4.46. The summed E-state index contributed by atoms with van der Waals surface area (Å²) in [7, 11) is 2.04. The molecule has 0 saturated carbocycles. The Morgan fingerprint density at radius 2 is 2.05 bits per heavy atom. The summed E-state index contributed by atoms with van der Waals surface area (Å²) in [5, 5.41) is 2.84. The minimum atomic E-state index is -0.180. The Morgan fingerprint density at radius 3 is 2.75 bits per heavy atom. The fourth-order valence-corrected chi connectivity index (χ4v) is 1.84. The number of para-hydroxylation sites is 1. The van der Waals surface area contributed by atoms with E-state index in [-0.39, 0.29) is 5.91 Å². The molecular weight excluding hydrogens is 252 g/mol. The lowest BCUT2D eigenvalue weighted by atomic mass is 10.3. The molecule has 2 rings (SSSR count). The van der Waals surface area contributed by atoms with Gasteiger partial charge >= 0.3 is 0 Å². The van der Waals surface area contributed by atoms with Crippen molar-refractivity contribution in [1.29, 1.82) is 0 Å². The maximum Gasteiger partial charge on any atom is 0.271 e. The van der Waals surface area contributed by atoms with Crippen LogP contribution in [0.3, 0.4) is 0 Å². The van der Waals surface area contributed by atoms with E-state index in [9.17, 15) is 4.79 Å². The van der Waals surface area contributed by atoms with E-state index in [4.69, 9.17) is 0 Å². The van der Waals surface area contributed by atoms with Crippen LogP contribution in [0, 0.1) is 0 Å². The molecule has 0 aliphatic heterocycles. The van der Waals surface area contributed by atoms with Gasteiger partial charge in [-0.15, -0.1) is 0 Å². The van der Waals surface area contributed by atoms with Gasteiger partial charge in [0.25, 0.3) is 5.91 Å². The Labute approximate surface area is 118 Å². The van der Waals surface area contributed by atoms with Gasteiger partial charge in [-0.3, -0.25) is 9.78 Å². The van der Waals surface area contributed by atoms with Crippen LogP contribution in [0.25, 0.3) is 0 Å². The van der Waals surface area contributed by atoms with Crippen molar-refractivity contribution in [2.24, 2.45) is 0 Å². The molecule has 0 unspecified atom stereocenters. The highest BCUT2D eigenvalue weighted by atomic mass is 16.1. The SMILES string of the molecule is CN(CCCNC(=O)c1cnccn1)c1ccccc1. The largest absolute Gasteiger partial charge is 0.375 e. The number of benzene rings is 1. The molecule has 0 spiro atoms. The predicted octanol–water partition coefficient (Wildman–Crippen LogP) is 1.73. The van der Waals surface area contributed by atoms with Crippen molar-refractivity contribution >= 4 is 11.6 Å². The van der Waals surface area contributed by atoms with Gasteiger partial charge in [0.15, 0.2) is 0 Å². The molecule has 0 aliphatic carbocycles. The number of nitrogens with zero attached hydrogens (tertiary/aromatic N) is 3. The Hall–Kier alpha value is -2.43. The first-order valence-electron chi connectivity index (χ1n) is 6.58. The maximum absolute atomic E-state index is 11.7. The van der Waals surface area contributed by atoms with Gasteiger partial charge < -0.3 is 10.2 Å². The van der Waals surface area contributed by atoms with E-state index in [1.54, 1.807) is 6.20 Å². The number of nitrogens with one attached hydrogen (secondary N) is 1. The molecule has 0 bridgehead atoms. The van der Waals surface area contributed by atoms with E-state index in [0.717, 1.165) is 13.0 Å². The normalized spacial score (nSPS) is 10.1. The Morgan fingerprint density at radius 1 is 1.25 bits per heavy atom. The zero-order valence-corrected chi connectivity index (χ0v) is 11.5. The zero-order chi connectivity index (χ0) is 14.2. The second kappa shape index (κ2) is 7.23. The number of aromatic nitrogens is 2. The molecule has 1 heterocycles. The van der Waals surface area contributed by atoms with Gasteiger partial charge in [0.05, 0.1) is 6.20 Å². The molecule has 1 aromatic heterocycles. The first kappa shape index (κ1) is 14.0. The fraction of sp³-hybridized carbons (Fsp3) is 0.267. The molecule has 20 heavy (non-hydrogen) atoms. The number of hydrogen-bond donors (Lipinski definition) is 1. The molecule has 5 nitrogen and oxygen atoms in total. The smallest absolute Gasteiger partial charge is 0.271 e. The lowest BCUT2D eigenvalue weighted by Gasteiger charge is -2.19. The van der Waals surface area contributed by atoms with Crippen LogP contribution in [0.5, 0.6) is 0 Å². The average molecular weight is 270 g/mol. The van der Waals surface area contributed by atoms with E-state index < -0.39 is 0 Å². The van der Waals surface area contributed by atoms with Crippen LogP contribution < -0.4 is 10.2 Å². The summed E-state index contributed by atoms with van der Waals surface area (Å²) in [6.07, 6.45) is 5.40.